The molecule has 3 nitrogen and oxygen atoms in total. The van der Waals surface area contributed by atoms with Crippen LogP contribution in [0.4, 0.5) is 0 Å². The van der Waals surface area contributed by atoms with E-state index in [2.05, 4.69) is 19.2 Å². The summed E-state index contributed by atoms with van der Waals surface area (Å²) >= 11 is 5.05. The summed E-state index contributed by atoms with van der Waals surface area (Å²) in [7, 11) is 0. The third-order valence-electron chi connectivity index (χ3n) is 4.27. The molecule has 17 heavy (non-hydrogen) atoms. The first-order chi connectivity index (χ1) is 7.92. The van der Waals surface area contributed by atoms with Crippen LogP contribution in [-0.2, 0) is 4.79 Å². The molecule has 0 spiro atoms. The van der Waals surface area contributed by atoms with Gasteiger partial charge in [0.05, 0.1) is 11.0 Å². The van der Waals surface area contributed by atoms with Crippen molar-refractivity contribution in [3.8, 4) is 0 Å². The Morgan fingerprint density at radius 2 is 2.06 bits per heavy atom. The summed E-state index contributed by atoms with van der Waals surface area (Å²) in [6.07, 6.45) is 5.54. The van der Waals surface area contributed by atoms with Crippen molar-refractivity contribution < 1.29 is 4.79 Å². The molecule has 2 fully saturated rings. The lowest BCUT2D eigenvalue weighted by atomic mass is 9.81. The summed E-state index contributed by atoms with van der Waals surface area (Å²) in [6, 6.07) is -0.0751. The van der Waals surface area contributed by atoms with Crippen LogP contribution in [0.3, 0.4) is 0 Å². The predicted molar refractivity (Wildman–Crippen MR) is 72.6 cm³/mol. The Morgan fingerprint density at radius 1 is 1.41 bits per heavy atom. The van der Waals surface area contributed by atoms with E-state index in [0.717, 1.165) is 32.1 Å². The van der Waals surface area contributed by atoms with Crippen molar-refractivity contribution in [3.63, 3.8) is 0 Å². The second-order valence-electron chi connectivity index (χ2n) is 6.16. The van der Waals surface area contributed by atoms with E-state index in [4.69, 9.17) is 18.0 Å². The number of carbonyl (C=O) groups is 1. The number of nitrogens with one attached hydrogen (secondary N) is 1. The Hall–Kier alpha value is -0.640. The van der Waals surface area contributed by atoms with Gasteiger partial charge in [-0.25, -0.2) is 0 Å². The van der Waals surface area contributed by atoms with Gasteiger partial charge in [0, 0.05) is 5.92 Å². The first-order valence-corrected chi connectivity index (χ1v) is 6.92. The van der Waals surface area contributed by atoms with E-state index in [-0.39, 0.29) is 23.3 Å². The highest BCUT2D eigenvalue weighted by atomic mass is 32.1. The molecule has 0 bridgehead atoms. The van der Waals surface area contributed by atoms with E-state index in [1.807, 2.05) is 0 Å². The van der Waals surface area contributed by atoms with Gasteiger partial charge in [-0.1, -0.05) is 32.5 Å². The maximum Gasteiger partial charge on any atom is 0.224 e. The fourth-order valence-corrected chi connectivity index (χ4v) is 3.17. The Bertz CT molecular complexity index is 336. The summed E-state index contributed by atoms with van der Waals surface area (Å²) in [5.74, 6) is 0.760. The molecule has 3 N–H and O–H groups in total. The molecule has 2 unspecified atom stereocenters. The van der Waals surface area contributed by atoms with Gasteiger partial charge in [-0.05, 0) is 37.0 Å². The van der Waals surface area contributed by atoms with Crippen LogP contribution in [0.25, 0.3) is 0 Å². The Kier molecular flexibility index (Phi) is 3.43. The zero-order chi connectivity index (χ0) is 12.6. The van der Waals surface area contributed by atoms with Gasteiger partial charge in [-0.3, -0.25) is 4.79 Å². The molecule has 2 aliphatic carbocycles. The number of hydrogen-bond donors (Lipinski definition) is 2. The Balaban J connectivity index is 1.98. The molecule has 0 radical (unpaired) electrons. The van der Waals surface area contributed by atoms with E-state index in [1.165, 1.54) is 0 Å². The van der Waals surface area contributed by atoms with Crippen LogP contribution in [-0.4, -0.2) is 16.9 Å². The van der Waals surface area contributed by atoms with Gasteiger partial charge in [0.2, 0.25) is 5.91 Å². The van der Waals surface area contributed by atoms with Gasteiger partial charge >= 0.3 is 0 Å². The zero-order valence-electron chi connectivity index (χ0n) is 10.7. The molecule has 0 aromatic carbocycles. The smallest absolute Gasteiger partial charge is 0.224 e. The quantitative estimate of drug-likeness (QED) is 0.754. The van der Waals surface area contributed by atoms with Gasteiger partial charge in [-0.15, -0.1) is 0 Å². The lowest BCUT2D eigenvalue weighted by molar-refractivity contribution is -0.128. The lowest BCUT2D eigenvalue weighted by Crippen LogP contribution is -2.48. The summed E-state index contributed by atoms with van der Waals surface area (Å²) in [4.78, 5) is 12.7. The fourth-order valence-electron chi connectivity index (χ4n) is 2.92. The highest BCUT2D eigenvalue weighted by molar-refractivity contribution is 7.80. The van der Waals surface area contributed by atoms with Crippen LogP contribution < -0.4 is 11.1 Å². The third-order valence-corrected chi connectivity index (χ3v) is 4.53. The number of hydrogen-bond acceptors (Lipinski definition) is 2. The molecular formula is C13H22N2OS. The molecule has 2 saturated carbocycles. The van der Waals surface area contributed by atoms with Crippen molar-refractivity contribution in [2.24, 2.45) is 23.0 Å². The summed E-state index contributed by atoms with van der Waals surface area (Å²) in [5, 5.41) is 3.07. The highest BCUT2D eigenvalue weighted by Gasteiger charge is 2.42. The van der Waals surface area contributed by atoms with Gasteiger partial charge in [0.15, 0.2) is 0 Å². The zero-order valence-corrected chi connectivity index (χ0v) is 11.5. The third kappa shape index (κ3) is 2.79. The first kappa shape index (κ1) is 12.8. The molecule has 0 aromatic rings. The molecule has 2 atom stereocenters. The monoisotopic (exact) mass is 254 g/mol. The largest absolute Gasteiger partial charge is 0.392 e. The number of nitrogens with two attached hydrogens (primary N) is 1. The van der Waals surface area contributed by atoms with Crippen molar-refractivity contribution in [2.75, 3.05) is 0 Å². The Labute approximate surface area is 109 Å². The molecule has 0 aliphatic heterocycles. The Morgan fingerprint density at radius 3 is 2.47 bits per heavy atom. The summed E-state index contributed by atoms with van der Waals surface area (Å²) in [5.41, 5.74) is 5.83. The van der Waals surface area contributed by atoms with Gasteiger partial charge in [0.25, 0.3) is 0 Å². The standard InChI is InChI=1S/C13H22N2OS/c1-13(2)7-3-4-9(13)12(16)15-10(11(14)17)8-5-6-8/h8-10H,3-7H2,1-2H3,(H2,14,17)(H,15,16). The lowest BCUT2D eigenvalue weighted by Gasteiger charge is -2.28. The average Bonchev–Trinajstić information content (AvgIpc) is 2.98. The van der Waals surface area contributed by atoms with Crippen molar-refractivity contribution in [1.29, 1.82) is 0 Å². The van der Waals surface area contributed by atoms with E-state index in [9.17, 15) is 4.79 Å². The number of amides is 1. The van der Waals surface area contributed by atoms with E-state index >= 15 is 0 Å². The maximum absolute atomic E-state index is 12.3. The second kappa shape index (κ2) is 4.56. The SMILES string of the molecule is CC1(C)CCCC1C(=O)NC(C(N)=S)C1CC1. The van der Waals surface area contributed by atoms with E-state index in [1.54, 1.807) is 0 Å². The minimum atomic E-state index is -0.0751. The minimum absolute atomic E-state index is 0.0751. The van der Waals surface area contributed by atoms with Crippen LogP contribution >= 0.6 is 12.2 Å². The molecule has 0 heterocycles. The van der Waals surface area contributed by atoms with E-state index in [0.29, 0.717) is 10.9 Å². The molecule has 2 rings (SSSR count). The normalized spacial score (nSPS) is 28.7. The van der Waals surface area contributed by atoms with Crippen molar-refractivity contribution >= 4 is 23.1 Å². The fraction of sp³-hybridized carbons (Fsp3) is 0.846. The van der Waals surface area contributed by atoms with Crippen molar-refractivity contribution in [1.82, 2.24) is 5.32 Å². The predicted octanol–water partition coefficient (Wildman–Crippen LogP) is 1.99. The molecule has 0 aromatic heterocycles. The average molecular weight is 254 g/mol. The van der Waals surface area contributed by atoms with Crippen molar-refractivity contribution in [2.45, 2.75) is 52.0 Å². The van der Waals surface area contributed by atoms with Crippen LogP contribution in [0.15, 0.2) is 0 Å². The maximum atomic E-state index is 12.3. The van der Waals surface area contributed by atoms with Crippen LogP contribution in [0.5, 0.6) is 0 Å². The van der Waals surface area contributed by atoms with Crippen molar-refractivity contribution in [3.05, 3.63) is 0 Å². The van der Waals surface area contributed by atoms with Gasteiger partial charge < -0.3 is 11.1 Å². The molecule has 96 valence electrons. The minimum Gasteiger partial charge on any atom is -0.392 e. The van der Waals surface area contributed by atoms with Gasteiger partial charge in [0.1, 0.15) is 0 Å². The second-order valence-corrected chi connectivity index (χ2v) is 6.63. The summed E-state index contributed by atoms with van der Waals surface area (Å²) in [6.45, 7) is 4.36. The van der Waals surface area contributed by atoms with Crippen LogP contribution in [0.1, 0.15) is 46.0 Å². The molecule has 4 heteroatoms. The van der Waals surface area contributed by atoms with Gasteiger partial charge in [-0.2, -0.15) is 0 Å². The molecular weight excluding hydrogens is 232 g/mol. The van der Waals surface area contributed by atoms with E-state index < -0.39 is 0 Å². The first-order valence-electron chi connectivity index (χ1n) is 6.51. The van der Waals surface area contributed by atoms with Crippen LogP contribution in [0, 0.1) is 17.3 Å². The number of thiocarbonyl (C=S) groups is 1. The highest BCUT2D eigenvalue weighted by Crippen LogP contribution is 2.43. The molecule has 0 saturated heterocycles. The number of carbonyl (C=O) groups excluding carboxylic acids is 1. The topological polar surface area (TPSA) is 55.1 Å². The van der Waals surface area contributed by atoms with Crippen LogP contribution in [0.2, 0.25) is 0 Å². The number of rotatable bonds is 4. The molecule has 2 aliphatic rings. The molecule has 1 amide bonds. The summed E-state index contributed by atoms with van der Waals surface area (Å²) < 4.78 is 0.